The van der Waals surface area contributed by atoms with Crippen LogP contribution in [0.2, 0.25) is 0 Å². The van der Waals surface area contributed by atoms with Crippen LogP contribution in [0.25, 0.3) is 0 Å². The van der Waals surface area contributed by atoms with Crippen LogP contribution in [0.4, 0.5) is 0 Å². The number of esters is 1. The van der Waals surface area contributed by atoms with E-state index in [1.54, 1.807) is 0 Å². The van der Waals surface area contributed by atoms with E-state index in [0.717, 1.165) is 25.7 Å². The maximum Gasteiger partial charge on any atom is 0.308 e. The first kappa shape index (κ1) is 12.2. The van der Waals surface area contributed by atoms with E-state index in [-0.39, 0.29) is 24.3 Å². The summed E-state index contributed by atoms with van der Waals surface area (Å²) >= 11 is 0. The molecule has 0 unspecified atom stereocenters. The summed E-state index contributed by atoms with van der Waals surface area (Å²) in [4.78, 5) is 22.5. The molecule has 0 aromatic heterocycles. The minimum absolute atomic E-state index is 0.0930. The highest BCUT2D eigenvalue weighted by molar-refractivity contribution is 5.78. The van der Waals surface area contributed by atoms with Crippen LogP contribution in [-0.4, -0.2) is 18.4 Å². The molecule has 86 valence electrons. The van der Waals surface area contributed by atoms with E-state index in [4.69, 9.17) is 4.74 Å². The predicted molar refractivity (Wildman–Crippen MR) is 57.4 cm³/mol. The van der Waals surface area contributed by atoms with Crippen LogP contribution >= 0.6 is 0 Å². The Morgan fingerprint density at radius 1 is 1.20 bits per heavy atom. The Morgan fingerprint density at radius 3 is 2.47 bits per heavy atom. The molecule has 1 aliphatic carbocycles. The van der Waals surface area contributed by atoms with Crippen molar-refractivity contribution in [3.05, 3.63) is 0 Å². The number of ketones is 1. The molecule has 0 atom stereocenters. The van der Waals surface area contributed by atoms with E-state index in [0.29, 0.717) is 12.8 Å². The number of rotatable bonds is 5. The van der Waals surface area contributed by atoms with Crippen molar-refractivity contribution in [2.75, 3.05) is 6.61 Å². The van der Waals surface area contributed by atoms with Crippen molar-refractivity contribution in [3.63, 3.8) is 0 Å². The summed E-state index contributed by atoms with van der Waals surface area (Å²) in [6, 6.07) is 0. The number of carbonyl (C=O) groups excluding carboxylic acids is 2. The molecule has 0 spiro atoms. The van der Waals surface area contributed by atoms with Gasteiger partial charge in [-0.3, -0.25) is 9.59 Å². The molecule has 0 aromatic rings. The lowest BCUT2D eigenvalue weighted by Crippen LogP contribution is -2.21. The van der Waals surface area contributed by atoms with Gasteiger partial charge in [-0.1, -0.05) is 26.2 Å². The third kappa shape index (κ3) is 4.45. The lowest BCUT2D eigenvalue weighted by atomic mass is 9.89. The molecular weight excluding hydrogens is 192 g/mol. The van der Waals surface area contributed by atoms with Gasteiger partial charge in [0.05, 0.1) is 12.5 Å². The number of hydrogen-bond donors (Lipinski definition) is 0. The van der Waals surface area contributed by atoms with Crippen molar-refractivity contribution in [1.29, 1.82) is 0 Å². The van der Waals surface area contributed by atoms with E-state index >= 15 is 0 Å². The third-order valence-electron chi connectivity index (χ3n) is 2.96. The summed E-state index contributed by atoms with van der Waals surface area (Å²) in [5, 5.41) is 0. The standard InChI is InChI=1S/C12H20O3/c1-2-11(13)8-9-15-12(14)10-6-4-3-5-7-10/h10H,2-9H2,1H3. The van der Waals surface area contributed by atoms with Gasteiger partial charge in [0.2, 0.25) is 0 Å². The van der Waals surface area contributed by atoms with Crippen molar-refractivity contribution < 1.29 is 14.3 Å². The van der Waals surface area contributed by atoms with Gasteiger partial charge in [0, 0.05) is 12.8 Å². The Labute approximate surface area is 91.2 Å². The molecule has 3 heteroatoms. The zero-order valence-electron chi connectivity index (χ0n) is 9.46. The molecule has 0 saturated heterocycles. The van der Waals surface area contributed by atoms with Gasteiger partial charge in [0.15, 0.2) is 0 Å². The van der Waals surface area contributed by atoms with Gasteiger partial charge in [0.1, 0.15) is 5.78 Å². The Bertz CT molecular complexity index is 217. The van der Waals surface area contributed by atoms with Crippen LogP contribution in [-0.2, 0) is 14.3 Å². The van der Waals surface area contributed by atoms with Gasteiger partial charge in [-0.05, 0) is 12.8 Å². The molecule has 0 N–H and O–H groups in total. The second-order valence-electron chi connectivity index (χ2n) is 4.14. The van der Waals surface area contributed by atoms with Crippen LogP contribution in [0.1, 0.15) is 51.9 Å². The smallest absolute Gasteiger partial charge is 0.308 e. The number of hydrogen-bond acceptors (Lipinski definition) is 3. The molecule has 1 aliphatic rings. The second kappa shape index (κ2) is 6.59. The molecule has 0 bridgehead atoms. The van der Waals surface area contributed by atoms with Crippen molar-refractivity contribution in [2.24, 2.45) is 5.92 Å². The van der Waals surface area contributed by atoms with E-state index in [1.165, 1.54) is 6.42 Å². The molecule has 3 nitrogen and oxygen atoms in total. The van der Waals surface area contributed by atoms with Crippen LogP contribution in [0.5, 0.6) is 0 Å². The first-order valence-corrected chi connectivity index (χ1v) is 5.92. The highest BCUT2D eigenvalue weighted by atomic mass is 16.5. The average Bonchev–Trinajstić information content (AvgIpc) is 2.29. The van der Waals surface area contributed by atoms with Gasteiger partial charge in [-0.25, -0.2) is 0 Å². The largest absolute Gasteiger partial charge is 0.465 e. The quantitative estimate of drug-likeness (QED) is 0.657. The van der Waals surface area contributed by atoms with Crippen molar-refractivity contribution in [1.82, 2.24) is 0 Å². The van der Waals surface area contributed by atoms with Gasteiger partial charge in [-0.2, -0.15) is 0 Å². The van der Waals surface area contributed by atoms with Crippen LogP contribution < -0.4 is 0 Å². The van der Waals surface area contributed by atoms with Gasteiger partial charge >= 0.3 is 5.97 Å². The Morgan fingerprint density at radius 2 is 1.87 bits per heavy atom. The first-order valence-electron chi connectivity index (χ1n) is 5.92. The molecule has 0 aromatic carbocycles. The lowest BCUT2D eigenvalue weighted by Gasteiger charge is -2.19. The molecule has 0 heterocycles. The minimum Gasteiger partial charge on any atom is -0.465 e. The monoisotopic (exact) mass is 212 g/mol. The highest BCUT2D eigenvalue weighted by Crippen LogP contribution is 2.24. The van der Waals surface area contributed by atoms with Crippen molar-refractivity contribution in [2.45, 2.75) is 51.9 Å². The summed E-state index contributed by atoms with van der Waals surface area (Å²) in [5.74, 6) is 0.153. The third-order valence-corrected chi connectivity index (χ3v) is 2.96. The second-order valence-corrected chi connectivity index (χ2v) is 4.14. The molecule has 0 amide bonds. The fourth-order valence-electron chi connectivity index (χ4n) is 1.90. The number of Topliss-reactive ketones (excluding diaryl/α,β-unsaturated/α-hetero) is 1. The number of ether oxygens (including phenoxy) is 1. The van der Waals surface area contributed by atoms with Gasteiger partial charge in [0.25, 0.3) is 0 Å². The molecule has 1 rings (SSSR count). The fraction of sp³-hybridized carbons (Fsp3) is 0.833. The Balaban J connectivity index is 2.14. The molecule has 0 aliphatic heterocycles. The van der Waals surface area contributed by atoms with E-state index < -0.39 is 0 Å². The van der Waals surface area contributed by atoms with Gasteiger partial charge in [-0.15, -0.1) is 0 Å². The van der Waals surface area contributed by atoms with Crippen molar-refractivity contribution in [3.8, 4) is 0 Å². The molecule has 0 radical (unpaired) electrons. The fourth-order valence-corrected chi connectivity index (χ4v) is 1.90. The number of carbonyl (C=O) groups is 2. The summed E-state index contributed by atoms with van der Waals surface area (Å²) in [5.41, 5.74) is 0. The van der Waals surface area contributed by atoms with Crippen LogP contribution in [0.3, 0.4) is 0 Å². The topological polar surface area (TPSA) is 43.4 Å². The summed E-state index contributed by atoms with van der Waals surface area (Å²) < 4.78 is 5.09. The average molecular weight is 212 g/mol. The van der Waals surface area contributed by atoms with E-state index in [9.17, 15) is 9.59 Å². The van der Waals surface area contributed by atoms with Crippen LogP contribution in [0, 0.1) is 5.92 Å². The van der Waals surface area contributed by atoms with Crippen LogP contribution in [0.15, 0.2) is 0 Å². The van der Waals surface area contributed by atoms with E-state index in [2.05, 4.69) is 0 Å². The molecule has 1 saturated carbocycles. The normalized spacial score (nSPS) is 17.4. The summed E-state index contributed by atoms with van der Waals surface area (Å²) in [7, 11) is 0. The highest BCUT2D eigenvalue weighted by Gasteiger charge is 2.22. The summed E-state index contributed by atoms with van der Waals surface area (Å²) in [6.07, 6.45) is 6.32. The maximum absolute atomic E-state index is 11.5. The van der Waals surface area contributed by atoms with Gasteiger partial charge < -0.3 is 4.74 Å². The zero-order chi connectivity index (χ0) is 11.1. The molecule has 15 heavy (non-hydrogen) atoms. The Hall–Kier alpha value is -0.860. The zero-order valence-corrected chi connectivity index (χ0v) is 9.46. The summed E-state index contributed by atoms with van der Waals surface area (Å²) in [6.45, 7) is 2.09. The Kier molecular flexibility index (Phi) is 5.37. The minimum atomic E-state index is -0.0985. The SMILES string of the molecule is CCC(=O)CCOC(=O)C1CCCCC1. The van der Waals surface area contributed by atoms with Crippen molar-refractivity contribution >= 4 is 11.8 Å². The lowest BCUT2D eigenvalue weighted by molar-refractivity contribution is -0.150. The predicted octanol–water partition coefficient (Wildman–Crippen LogP) is 2.48. The van der Waals surface area contributed by atoms with E-state index in [1.807, 2.05) is 6.92 Å². The molecule has 1 fully saturated rings. The maximum atomic E-state index is 11.5. The molecular formula is C12H20O3. The first-order chi connectivity index (χ1) is 7.24.